The van der Waals surface area contributed by atoms with Crippen LogP contribution < -0.4 is 20.5 Å². The zero-order valence-electron chi connectivity index (χ0n) is 15.0. The summed E-state index contributed by atoms with van der Waals surface area (Å²) in [6.45, 7) is 2.48. The number of fused-ring (bicyclic) bond motifs is 2. The monoisotopic (exact) mass is 368 g/mol. The molecule has 3 N–H and O–H groups in total. The number of methoxy groups -OCH3 is 1. The van der Waals surface area contributed by atoms with E-state index in [0.29, 0.717) is 29.9 Å². The molecule has 2 aliphatic rings. The lowest BCUT2D eigenvalue weighted by atomic mass is 9.65. The predicted molar refractivity (Wildman–Crippen MR) is 102 cm³/mol. The molecule has 0 saturated heterocycles. The van der Waals surface area contributed by atoms with Gasteiger partial charge < -0.3 is 20.5 Å². The minimum Gasteiger partial charge on any atom is -0.493 e. The highest BCUT2D eigenvalue weighted by Gasteiger charge is 2.40. The smallest absolute Gasteiger partial charge is 0.227 e. The molecular formula is C19H29ClN2O3. The predicted octanol–water partition coefficient (Wildman–Crippen LogP) is 3.61. The summed E-state index contributed by atoms with van der Waals surface area (Å²) in [7, 11) is 1.61. The Kier molecular flexibility index (Phi) is 6.96. The summed E-state index contributed by atoms with van der Waals surface area (Å²) >= 11 is 0. The van der Waals surface area contributed by atoms with E-state index < -0.39 is 0 Å². The Labute approximate surface area is 156 Å². The first kappa shape index (κ1) is 19.9. The normalized spacial score (nSPS) is 27.8. The van der Waals surface area contributed by atoms with Crippen LogP contribution in [0.2, 0.25) is 0 Å². The molecule has 1 aromatic carbocycles. The summed E-state index contributed by atoms with van der Waals surface area (Å²) in [6, 6.07) is 5.80. The SMILES string of the molecule is CCOc1cc(NC(=O)C2CC3CCCC(C2)C3N)ccc1OC.Cl. The number of hydrogen-bond donors (Lipinski definition) is 2. The second kappa shape index (κ2) is 8.77. The van der Waals surface area contributed by atoms with Crippen molar-refractivity contribution < 1.29 is 14.3 Å². The van der Waals surface area contributed by atoms with Gasteiger partial charge in [-0.15, -0.1) is 12.4 Å². The maximum absolute atomic E-state index is 12.7. The second-order valence-corrected chi connectivity index (χ2v) is 6.98. The highest BCUT2D eigenvalue weighted by molar-refractivity contribution is 5.93. The van der Waals surface area contributed by atoms with Gasteiger partial charge in [-0.1, -0.05) is 6.42 Å². The standard InChI is InChI=1S/C19H28N2O3.ClH/c1-3-24-17-11-15(7-8-16(17)23-2)21-19(22)14-9-12-5-4-6-13(10-14)18(12)20;/h7-8,11-14,18H,3-6,9-10,20H2,1-2H3,(H,21,22);1H. The van der Waals surface area contributed by atoms with Crippen molar-refractivity contribution in [2.24, 2.45) is 23.5 Å². The first-order valence-electron chi connectivity index (χ1n) is 8.99. The number of halogens is 1. The molecule has 3 rings (SSSR count). The zero-order valence-corrected chi connectivity index (χ0v) is 15.8. The summed E-state index contributed by atoms with van der Waals surface area (Å²) in [4.78, 5) is 12.7. The zero-order chi connectivity index (χ0) is 17.1. The summed E-state index contributed by atoms with van der Waals surface area (Å²) in [5.74, 6) is 2.50. The molecule has 1 amide bonds. The van der Waals surface area contributed by atoms with Crippen LogP contribution in [0.1, 0.15) is 39.0 Å². The molecule has 2 bridgehead atoms. The Morgan fingerprint density at radius 2 is 1.92 bits per heavy atom. The van der Waals surface area contributed by atoms with Gasteiger partial charge in [0.1, 0.15) is 0 Å². The molecule has 0 heterocycles. The third-order valence-electron chi connectivity index (χ3n) is 5.51. The average Bonchev–Trinajstić information content (AvgIpc) is 2.55. The quantitative estimate of drug-likeness (QED) is 0.832. The molecule has 1 aromatic rings. The molecule has 25 heavy (non-hydrogen) atoms. The van der Waals surface area contributed by atoms with Crippen molar-refractivity contribution in [1.29, 1.82) is 0 Å². The van der Waals surface area contributed by atoms with E-state index in [1.54, 1.807) is 7.11 Å². The fourth-order valence-electron chi connectivity index (χ4n) is 4.27. The van der Waals surface area contributed by atoms with Crippen molar-refractivity contribution in [1.82, 2.24) is 0 Å². The van der Waals surface area contributed by atoms with Crippen molar-refractivity contribution in [3.8, 4) is 11.5 Å². The second-order valence-electron chi connectivity index (χ2n) is 6.98. The van der Waals surface area contributed by atoms with Crippen molar-refractivity contribution in [3.63, 3.8) is 0 Å². The van der Waals surface area contributed by atoms with Gasteiger partial charge in [0.05, 0.1) is 13.7 Å². The molecule has 0 radical (unpaired) electrons. The van der Waals surface area contributed by atoms with Gasteiger partial charge in [-0.2, -0.15) is 0 Å². The summed E-state index contributed by atoms with van der Waals surface area (Å²) in [6.07, 6.45) is 5.42. The van der Waals surface area contributed by atoms with Crippen LogP contribution in [0.25, 0.3) is 0 Å². The topological polar surface area (TPSA) is 73.6 Å². The minimum absolute atomic E-state index is 0. The molecule has 0 aromatic heterocycles. The number of benzene rings is 1. The molecule has 2 saturated carbocycles. The van der Waals surface area contributed by atoms with E-state index in [1.165, 1.54) is 19.3 Å². The fourth-order valence-corrected chi connectivity index (χ4v) is 4.27. The van der Waals surface area contributed by atoms with Crippen LogP contribution in [0.15, 0.2) is 18.2 Å². The molecule has 2 aliphatic carbocycles. The van der Waals surface area contributed by atoms with E-state index in [1.807, 2.05) is 25.1 Å². The van der Waals surface area contributed by atoms with Gasteiger partial charge in [-0.25, -0.2) is 0 Å². The largest absolute Gasteiger partial charge is 0.493 e. The first-order chi connectivity index (χ1) is 11.6. The Morgan fingerprint density at radius 3 is 2.52 bits per heavy atom. The summed E-state index contributed by atoms with van der Waals surface area (Å²) < 4.78 is 10.9. The molecule has 6 heteroatoms. The molecule has 2 fully saturated rings. The average molecular weight is 369 g/mol. The van der Waals surface area contributed by atoms with E-state index in [4.69, 9.17) is 15.2 Å². The van der Waals surface area contributed by atoms with Crippen LogP contribution in [-0.2, 0) is 4.79 Å². The Morgan fingerprint density at radius 1 is 1.24 bits per heavy atom. The number of rotatable bonds is 5. The van der Waals surface area contributed by atoms with Crippen LogP contribution in [0.3, 0.4) is 0 Å². The highest BCUT2D eigenvalue weighted by atomic mass is 35.5. The molecular weight excluding hydrogens is 340 g/mol. The lowest BCUT2D eigenvalue weighted by molar-refractivity contribution is -0.122. The molecule has 5 nitrogen and oxygen atoms in total. The molecule has 2 unspecified atom stereocenters. The van der Waals surface area contributed by atoms with Gasteiger partial charge in [0.25, 0.3) is 0 Å². The van der Waals surface area contributed by atoms with Crippen LogP contribution in [-0.4, -0.2) is 25.7 Å². The van der Waals surface area contributed by atoms with Gasteiger partial charge in [-0.05, 0) is 56.6 Å². The number of hydrogen-bond acceptors (Lipinski definition) is 4. The van der Waals surface area contributed by atoms with Crippen LogP contribution in [0.4, 0.5) is 5.69 Å². The van der Waals surface area contributed by atoms with E-state index in [9.17, 15) is 4.79 Å². The highest BCUT2D eigenvalue weighted by Crippen LogP contribution is 2.42. The van der Waals surface area contributed by atoms with Crippen LogP contribution in [0.5, 0.6) is 11.5 Å². The number of anilines is 1. The number of carbonyl (C=O) groups is 1. The van der Waals surface area contributed by atoms with Gasteiger partial charge in [-0.3, -0.25) is 4.79 Å². The fraction of sp³-hybridized carbons (Fsp3) is 0.632. The van der Waals surface area contributed by atoms with E-state index >= 15 is 0 Å². The van der Waals surface area contributed by atoms with Crippen molar-refractivity contribution in [3.05, 3.63) is 18.2 Å². The van der Waals surface area contributed by atoms with Gasteiger partial charge in [0.15, 0.2) is 11.5 Å². The third-order valence-corrected chi connectivity index (χ3v) is 5.51. The number of nitrogens with two attached hydrogens (primary N) is 1. The number of ether oxygens (including phenoxy) is 2. The van der Waals surface area contributed by atoms with Crippen molar-refractivity contribution in [2.45, 2.75) is 45.1 Å². The third kappa shape index (κ3) is 4.39. The van der Waals surface area contributed by atoms with Gasteiger partial charge in [0, 0.05) is 23.7 Å². The van der Waals surface area contributed by atoms with Crippen molar-refractivity contribution in [2.75, 3.05) is 19.0 Å². The Bertz CT molecular complexity index is 582. The van der Waals surface area contributed by atoms with Crippen LogP contribution >= 0.6 is 12.4 Å². The van der Waals surface area contributed by atoms with E-state index in [0.717, 1.165) is 18.5 Å². The maximum Gasteiger partial charge on any atom is 0.227 e. The first-order valence-corrected chi connectivity index (χ1v) is 8.99. The van der Waals surface area contributed by atoms with Gasteiger partial charge >= 0.3 is 0 Å². The van der Waals surface area contributed by atoms with Crippen molar-refractivity contribution >= 4 is 24.0 Å². The molecule has 2 atom stereocenters. The maximum atomic E-state index is 12.7. The minimum atomic E-state index is 0. The van der Waals surface area contributed by atoms with E-state index in [-0.39, 0.29) is 30.3 Å². The number of nitrogens with one attached hydrogen (secondary N) is 1. The number of carbonyl (C=O) groups excluding carboxylic acids is 1. The lowest BCUT2D eigenvalue weighted by Crippen LogP contribution is -2.48. The van der Waals surface area contributed by atoms with Crippen LogP contribution in [0, 0.1) is 17.8 Å². The molecule has 0 aliphatic heterocycles. The van der Waals surface area contributed by atoms with Gasteiger partial charge in [0.2, 0.25) is 5.91 Å². The molecule has 0 spiro atoms. The Hall–Kier alpha value is -1.46. The van der Waals surface area contributed by atoms with E-state index in [2.05, 4.69) is 5.32 Å². The summed E-state index contributed by atoms with van der Waals surface area (Å²) in [5, 5.41) is 3.05. The Balaban J connectivity index is 0.00000225. The molecule has 140 valence electrons. The number of amides is 1. The lowest BCUT2D eigenvalue weighted by Gasteiger charge is -2.43. The summed E-state index contributed by atoms with van der Waals surface area (Å²) in [5.41, 5.74) is 7.08.